The van der Waals surface area contributed by atoms with Crippen LogP contribution in [0.25, 0.3) is 0 Å². The Morgan fingerprint density at radius 3 is 2.64 bits per heavy atom. The minimum absolute atomic E-state index is 0.0917. The molecule has 0 N–H and O–H groups in total. The number of hydrogen-bond donors (Lipinski definition) is 0. The van der Waals surface area contributed by atoms with E-state index in [0.717, 1.165) is 24.0 Å². The molecule has 3 rings (SSSR count). The third kappa shape index (κ3) is 5.11. The summed E-state index contributed by atoms with van der Waals surface area (Å²) in [6.45, 7) is 4.16. The lowest BCUT2D eigenvalue weighted by Crippen LogP contribution is -2.42. The van der Waals surface area contributed by atoms with Crippen LogP contribution >= 0.6 is 0 Å². The van der Waals surface area contributed by atoms with Gasteiger partial charge in [-0.1, -0.05) is 19.1 Å². The molecule has 0 bridgehead atoms. The summed E-state index contributed by atoms with van der Waals surface area (Å²) in [6.07, 6.45) is 2.06. The van der Waals surface area contributed by atoms with Crippen LogP contribution in [0.1, 0.15) is 18.9 Å². The van der Waals surface area contributed by atoms with Gasteiger partial charge in [0.1, 0.15) is 18.2 Å². The summed E-state index contributed by atoms with van der Waals surface area (Å²) in [6, 6.07) is 9.12. The zero-order valence-corrected chi connectivity index (χ0v) is 17.1. The van der Waals surface area contributed by atoms with Crippen LogP contribution in [-0.2, 0) is 21.2 Å². The average molecular weight is 407 g/mol. The van der Waals surface area contributed by atoms with Crippen LogP contribution in [-0.4, -0.2) is 57.6 Å². The maximum atomic E-state index is 12.0. The van der Waals surface area contributed by atoms with E-state index in [-0.39, 0.29) is 23.7 Å². The van der Waals surface area contributed by atoms with Gasteiger partial charge in [-0.3, -0.25) is 0 Å². The van der Waals surface area contributed by atoms with Crippen LogP contribution in [0.4, 0.5) is 5.82 Å². The molecule has 1 aliphatic rings. The van der Waals surface area contributed by atoms with Gasteiger partial charge in [0, 0.05) is 25.4 Å². The zero-order valence-electron chi connectivity index (χ0n) is 16.3. The molecule has 1 aromatic carbocycles. The van der Waals surface area contributed by atoms with Gasteiger partial charge >= 0.3 is 0 Å². The van der Waals surface area contributed by atoms with Gasteiger partial charge in [0.2, 0.25) is 15.7 Å². The molecule has 0 aliphatic carbocycles. The molecular weight excluding hydrogens is 382 g/mol. The largest absolute Gasteiger partial charge is 0.497 e. The van der Waals surface area contributed by atoms with Crippen molar-refractivity contribution in [2.75, 3.05) is 38.0 Å². The van der Waals surface area contributed by atoms with Gasteiger partial charge in [0.05, 0.1) is 19.8 Å². The minimum atomic E-state index is -3.57. The second-order valence-electron chi connectivity index (χ2n) is 6.60. The fraction of sp³-hybridized carbons (Fsp3) is 0.474. The Morgan fingerprint density at radius 1 is 1.25 bits per heavy atom. The number of methoxy groups -OCH3 is 1. The number of nitrogens with zero attached hydrogens (tertiary/aromatic N) is 3. The van der Waals surface area contributed by atoms with E-state index in [2.05, 4.69) is 16.9 Å². The monoisotopic (exact) mass is 407 g/mol. The van der Waals surface area contributed by atoms with Gasteiger partial charge in [-0.2, -0.15) is 4.98 Å². The number of benzene rings is 1. The van der Waals surface area contributed by atoms with Gasteiger partial charge < -0.3 is 19.1 Å². The molecule has 2 aromatic rings. The molecule has 1 atom stereocenters. The van der Waals surface area contributed by atoms with E-state index >= 15 is 0 Å². The smallest absolute Gasteiger partial charge is 0.252 e. The Morgan fingerprint density at radius 2 is 2.00 bits per heavy atom. The SMILES string of the molecule is CCC1CN(c2cc(OCc3ccc(OC)cc3)nc(S(C)(=O)=O)n2)CCO1. The van der Waals surface area contributed by atoms with Crippen molar-refractivity contribution in [1.29, 1.82) is 0 Å². The lowest BCUT2D eigenvalue weighted by molar-refractivity contribution is 0.0381. The molecule has 1 aliphatic heterocycles. The summed E-state index contributed by atoms with van der Waals surface area (Å²) >= 11 is 0. The Labute approximate surface area is 165 Å². The molecule has 0 saturated carbocycles. The standard InChI is InChI=1S/C19H25N3O5S/c1-4-15-12-22(9-10-26-15)17-11-18(21-19(20-17)28(3,23)24)27-13-14-5-7-16(25-2)8-6-14/h5-8,11,15H,4,9-10,12-13H2,1-3H3. The van der Waals surface area contributed by atoms with Crippen LogP contribution in [0.2, 0.25) is 0 Å². The van der Waals surface area contributed by atoms with Crippen LogP contribution in [0, 0.1) is 0 Å². The summed E-state index contributed by atoms with van der Waals surface area (Å²) in [4.78, 5) is 10.3. The molecule has 0 amide bonds. The molecule has 28 heavy (non-hydrogen) atoms. The number of ether oxygens (including phenoxy) is 3. The van der Waals surface area contributed by atoms with Crippen molar-refractivity contribution in [1.82, 2.24) is 9.97 Å². The van der Waals surface area contributed by atoms with Crippen molar-refractivity contribution < 1.29 is 22.6 Å². The first-order valence-electron chi connectivity index (χ1n) is 9.10. The third-order valence-corrected chi connectivity index (χ3v) is 5.31. The van der Waals surface area contributed by atoms with Crippen molar-refractivity contribution in [3.8, 4) is 11.6 Å². The maximum Gasteiger partial charge on any atom is 0.252 e. The molecule has 1 aromatic heterocycles. The van der Waals surface area contributed by atoms with Crippen LogP contribution in [0.15, 0.2) is 35.5 Å². The first-order chi connectivity index (χ1) is 13.4. The molecule has 1 unspecified atom stereocenters. The van der Waals surface area contributed by atoms with Gasteiger partial charge in [-0.15, -0.1) is 0 Å². The quantitative estimate of drug-likeness (QED) is 0.645. The summed E-state index contributed by atoms with van der Waals surface area (Å²) in [7, 11) is -1.97. The summed E-state index contributed by atoms with van der Waals surface area (Å²) < 4.78 is 40.7. The molecule has 0 radical (unpaired) electrons. The first kappa shape index (κ1) is 20.3. The second kappa shape index (κ2) is 8.74. The average Bonchev–Trinajstić information content (AvgIpc) is 2.72. The van der Waals surface area contributed by atoms with Gasteiger partial charge in [0.25, 0.3) is 5.16 Å². The normalized spacial score (nSPS) is 17.4. The number of aromatic nitrogens is 2. The highest BCUT2D eigenvalue weighted by Crippen LogP contribution is 2.23. The summed E-state index contributed by atoms with van der Waals surface area (Å²) in [5.74, 6) is 1.51. The maximum absolute atomic E-state index is 12.0. The molecule has 8 nitrogen and oxygen atoms in total. The highest BCUT2D eigenvalue weighted by Gasteiger charge is 2.23. The van der Waals surface area contributed by atoms with Gasteiger partial charge in [-0.05, 0) is 24.1 Å². The van der Waals surface area contributed by atoms with Crippen molar-refractivity contribution in [2.24, 2.45) is 0 Å². The molecule has 2 heterocycles. The molecule has 0 spiro atoms. The minimum Gasteiger partial charge on any atom is -0.497 e. The van der Waals surface area contributed by atoms with Crippen molar-refractivity contribution in [2.45, 2.75) is 31.2 Å². The highest BCUT2D eigenvalue weighted by molar-refractivity contribution is 7.90. The third-order valence-electron chi connectivity index (χ3n) is 4.46. The van der Waals surface area contributed by atoms with E-state index in [0.29, 0.717) is 25.5 Å². The lowest BCUT2D eigenvalue weighted by atomic mass is 10.2. The van der Waals surface area contributed by atoms with E-state index < -0.39 is 9.84 Å². The highest BCUT2D eigenvalue weighted by atomic mass is 32.2. The van der Waals surface area contributed by atoms with Crippen molar-refractivity contribution in [3.05, 3.63) is 35.9 Å². The fourth-order valence-corrected chi connectivity index (χ4v) is 3.36. The van der Waals surface area contributed by atoms with Gasteiger partial charge in [0.15, 0.2) is 0 Å². The van der Waals surface area contributed by atoms with E-state index in [4.69, 9.17) is 14.2 Å². The predicted molar refractivity (Wildman–Crippen MR) is 105 cm³/mol. The van der Waals surface area contributed by atoms with E-state index in [1.165, 1.54) is 0 Å². The van der Waals surface area contributed by atoms with Crippen LogP contribution < -0.4 is 14.4 Å². The predicted octanol–water partition coefficient (Wildman–Crippen LogP) is 2.08. The Bertz CT molecular complexity index is 902. The number of rotatable bonds is 7. The molecule has 1 fully saturated rings. The molecular formula is C19H25N3O5S. The molecule has 9 heteroatoms. The first-order valence-corrected chi connectivity index (χ1v) is 11.0. The van der Waals surface area contributed by atoms with Crippen molar-refractivity contribution in [3.63, 3.8) is 0 Å². The van der Waals surface area contributed by atoms with Crippen molar-refractivity contribution >= 4 is 15.7 Å². The van der Waals surface area contributed by atoms with Crippen LogP contribution in [0.5, 0.6) is 11.6 Å². The Kier molecular flexibility index (Phi) is 6.35. The topological polar surface area (TPSA) is 90.9 Å². The van der Waals surface area contributed by atoms with E-state index in [9.17, 15) is 8.42 Å². The number of morpholine rings is 1. The summed E-state index contributed by atoms with van der Waals surface area (Å²) in [5.41, 5.74) is 0.916. The summed E-state index contributed by atoms with van der Waals surface area (Å²) in [5, 5.41) is -0.241. The molecule has 1 saturated heterocycles. The number of sulfone groups is 1. The van der Waals surface area contributed by atoms with Gasteiger partial charge in [-0.25, -0.2) is 13.4 Å². The lowest BCUT2D eigenvalue weighted by Gasteiger charge is -2.33. The van der Waals surface area contributed by atoms with Crippen LogP contribution in [0.3, 0.4) is 0 Å². The number of hydrogen-bond acceptors (Lipinski definition) is 8. The number of anilines is 1. The fourth-order valence-electron chi connectivity index (χ4n) is 2.85. The zero-order chi connectivity index (χ0) is 20.1. The van der Waals surface area contributed by atoms with E-state index in [1.54, 1.807) is 13.2 Å². The molecule has 152 valence electrons. The Balaban J connectivity index is 1.83. The Hall–Kier alpha value is -2.39. The second-order valence-corrected chi connectivity index (χ2v) is 8.51. The van der Waals surface area contributed by atoms with E-state index in [1.807, 2.05) is 29.2 Å².